The molecule has 1 aromatic heterocycles. The van der Waals surface area contributed by atoms with E-state index in [0.717, 1.165) is 49.2 Å². The van der Waals surface area contributed by atoms with Crippen LogP contribution >= 0.6 is 11.3 Å². The normalized spacial score (nSPS) is 18.3. The lowest BCUT2D eigenvalue weighted by Crippen LogP contribution is -2.39. The summed E-state index contributed by atoms with van der Waals surface area (Å²) in [5.41, 5.74) is 1.14. The number of aromatic nitrogens is 1. The van der Waals surface area contributed by atoms with E-state index in [4.69, 9.17) is 9.47 Å². The second kappa shape index (κ2) is 10.6. The van der Waals surface area contributed by atoms with Gasteiger partial charge in [-0.1, -0.05) is 13.8 Å². The molecule has 0 saturated carbocycles. The van der Waals surface area contributed by atoms with Gasteiger partial charge in [0.05, 0.1) is 31.6 Å². The number of ether oxygens (including phenoxy) is 2. The molecule has 0 radical (unpaired) electrons. The van der Waals surface area contributed by atoms with E-state index in [-0.39, 0.29) is 6.10 Å². The standard InChI is InChI=1S/C17H30N4O2S/c1-4-18-17(19-7-9-22-11-14-6-5-8-23-14)20-10-16-21-15(12-24-16)13(2)3/h12-14H,4-11H2,1-3H3,(H2,18,19,20). The Kier molecular flexibility index (Phi) is 8.49. The first kappa shape index (κ1) is 19.1. The van der Waals surface area contributed by atoms with Crippen molar-refractivity contribution in [3.8, 4) is 0 Å². The molecule has 0 amide bonds. The lowest BCUT2D eigenvalue weighted by atomic mass is 10.2. The summed E-state index contributed by atoms with van der Waals surface area (Å²) >= 11 is 1.67. The number of hydrogen-bond donors (Lipinski definition) is 2. The molecule has 2 rings (SSSR count). The summed E-state index contributed by atoms with van der Waals surface area (Å²) in [4.78, 5) is 9.21. The summed E-state index contributed by atoms with van der Waals surface area (Å²) in [5, 5.41) is 9.71. The fourth-order valence-corrected chi connectivity index (χ4v) is 3.26. The monoisotopic (exact) mass is 354 g/mol. The van der Waals surface area contributed by atoms with Gasteiger partial charge in [0.1, 0.15) is 5.01 Å². The summed E-state index contributed by atoms with van der Waals surface area (Å²) in [6.07, 6.45) is 2.55. The van der Waals surface area contributed by atoms with Gasteiger partial charge in [-0.05, 0) is 25.7 Å². The third-order valence-electron chi connectivity index (χ3n) is 3.74. The molecule has 1 aliphatic heterocycles. The summed E-state index contributed by atoms with van der Waals surface area (Å²) in [5.74, 6) is 1.27. The summed E-state index contributed by atoms with van der Waals surface area (Å²) in [6, 6.07) is 0. The van der Waals surface area contributed by atoms with E-state index < -0.39 is 0 Å². The minimum atomic E-state index is 0.284. The van der Waals surface area contributed by atoms with Crippen molar-refractivity contribution in [3.63, 3.8) is 0 Å². The van der Waals surface area contributed by atoms with Crippen LogP contribution in [0.25, 0.3) is 0 Å². The van der Waals surface area contributed by atoms with Crippen LogP contribution < -0.4 is 10.6 Å². The highest BCUT2D eigenvalue weighted by Crippen LogP contribution is 2.18. The highest BCUT2D eigenvalue weighted by Gasteiger charge is 2.14. The highest BCUT2D eigenvalue weighted by molar-refractivity contribution is 7.09. The third-order valence-corrected chi connectivity index (χ3v) is 4.60. The van der Waals surface area contributed by atoms with Gasteiger partial charge in [-0.2, -0.15) is 0 Å². The average Bonchev–Trinajstić information content (AvgIpc) is 3.23. The van der Waals surface area contributed by atoms with E-state index >= 15 is 0 Å². The zero-order valence-corrected chi connectivity index (χ0v) is 15.8. The van der Waals surface area contributed by atoms with E-state index in [2.05, 4.69) is 46.8 Å². The molecule has 0 spiro atoms. The van der Waals surface area contributed by atoms with Gasteiger partial charge in [-0.15, -0.1) is 11.3 Å². The van der Waals surface area contributed by atoms with Gasteiger partial charge in [0.15, 0.2) is 5.96 Å². The maximum atomic E-state index is 5.66. The SMILES string of the molecule is CCNC(=NCc1nc(C(C)C)cs1)NCCOCC1CCCO1. The van der Waals surface area contributed by atoms with Gasteiger partial charge in [-0.25, -0.2) is 9.98 Å². The molecule has 6 nitrogen and oxygen atoms in total. The van der Waals surface area contributed by atoms with Gasteiger partial charge >= 0.3 is 0 Å². The molecule has 136 valence electrons. The zero-order chi connectivity index (χ0) is 17.2. The van der Waals surface area contributed by atoms with Crippen LogP contribution in [0.4, 0.5) is 0 Å². The number of thiazole rings is 1. The summed E-state index contributed by atoms with van der Waals surface area (Å²) in [6.45, 7) is 10.7. The number of nitrogens with one attached hydrogen (secondary N) is 2. The van der Waals surface area contributed by atoms with E-state index in [0.29, 0.717) is 25.7 Å². The molecule has 1 atom stereocenters. The predicted octanol–water partition coefficient (Wildman–Crippen LogP) is 2.52. The minimum absolute atomic E-state index is 0.284. The van der Waals surface area contributed by atoms with E-state index in [9.17, 15) is 0 Å². The Hall–Kier alpha value is -1.18. The molecule has 1 fully saturated rings. The van der Waals surface area contributed by atoms with Gasteiger partial charge < -0.3 is 20.1 Å². The van der Waals surface area contributed by atoms with Crippen molar-refractivity contribution in [2.45, 2.75) is 52.2 Å². The Bertz CT molecular complexity index is 499. The van der Waals surface area contributed by atoms with E-state index in [1.54, 1.807) is 11.3 Å². The molecule has 2 heterocycles. The van der Waals surface area contributed by atoms with E-state index in [1.165, 1.54) is 0 Å². The third kappa shape index (κ3) is 6.75. The van der Waals surface area contributed by atoms with Gasteiger partial charge in [0.25, 0.3) is 0 Å². The van der Waals surface area contributed by atoms with Gasteiger partial charge in [0.2, 0.25) is 0 Å². The lowest BCUT2D eigenvalue weighted by Gasteiger charge is -2.13. The van der Waals surface area contributed by atoms with Gasteiger partial charge in [0, 0.05) is 25.1 Å². The van der Waals surface area contributed by atoms with Crippen LogP contribution in [0.15, 0.2) is 10.4 Å². The molecular formula is C17H30N4O2S. The molecule has 0 aliphatic carbocycles. The summed E-state index contributed by atoms with van der Waals surface area (Å²) < 4.78 is 11.2. The maximum absolute atomic E-state index is 5.66. The zero-order valence-electron chi connectivity index (χ0n) is 15.0. The van der Waals surface area contributed by atoms with Crippen molar-refractivity contribution >= 4 is 17.3 Å². The number of guanidine groups is 1. The van der Waals surface area contributed by atoms with Crippen molar-refractivity contribution in [2.75, 3.05) is 32.9 Å². The van der Waals surface area contributed by atoms with Crippen molar-refractivity contribution < 1.29 is 9.47 Å². The van der Waals surface area contributed by atoms with E-state index in [1.807, 2.05) is 0 Å². The number of nitrogens with zero attached hydrogens (tertiary/aromatic N) is 2. The number of hydrogen-bond acceptors (Lipinski definition) is 5. The van der Waals surface area contributed by atoms with Crippen LogP contribution in [0.2, 0.25) is 0 Å². The first-order valence-electron chi connectivity index (χ1n) is 8.84. The molecule has 1 saturated heterocycles. The number of aliphatic imine (C=N–C) groups is 1. The van der Waals surface area contributed by atoms with Crippen LogP contribution in [0, 0.1) is 0 Å². The van der Waals surface area contributed by atoms with Crippen LogP contribution in [-0.2, 0) is 16.0 Å². The lowest BCUT2D eigenvalue weighted by molar-refractivity contribution is 0.0191. The Labute approximate surface area is 149 Å². The molecule has 1 aromatic rings. The molecule has 2 N–H and O–H groups in total. The molecule has 0 aromatic carbocycles. The second-order valence-electron chi connectivity index (χ2n) is 6.15. The maximum Gasteiger partial charge on any atom is 0.191 e. The highest BCUT2D eigenvalue weighted by atomic mass is 32.1. The summed E-state index contributed by atoms with van der Waals surface area (Å²) in [7, 11) is 0. The molecule has 1 unspecified atom stereocenters. The Balaban J connectivity index is 1.69. The quantitative estimate of drug-likeness (QED) is 0.405. The van der Waals surface area contributed by atoms with Crippen molar-refractivity contribution in [3.05, 3.63) is 16.1 Å². The largest absolute Gasteiger partial charge is 0.377 e. The molecule has 24 heavy (non-hydrogen) atoms. The molecule has 1 aliphatic rings. The Morgan fingerprint density at radius 2 is 2.38 bits per heavy atom. The minimum Gasteiger partial charge on any atom is -0.377 e. The fourth-order valence-electron chi connectivity index (χ4n) is 2.38. The smallest absolute Gasteiger partial charge is 0.191 e. The first-order chi connectivity index (χ1) is 11.7. The average molecular weight is 355 g/mol. The molecule has 0 bridgehead atoms. The second-order valence-corrected chi connectivity index (χ2v) is 7.10. The van der Waals surface area contributed by atoms with Crippen molar-refractivity contribution in [2.24, 2.45) is 4.99 Å². The number of rotatable bonds is 9. The topological polar surface area (TPSA) is 67.8 Å². The van der Waals surface area contributed by atoms with Gasteiger partial charge in [-0.3, -0.25) is 0 Å². The fraction of sp³-hybridized carbons (Fsp3) is 0.765. The Morgan fingerprint density at radius 1 is 1.50 bits per heavy atom. The predicted molar refractivity (Wildman–Crippen MR) is 98.8 cm³/mol. The van der Waals surface area contributed by atoms with Crippen LogP contribution in [-0.4, -0.2) is 50.0 Å². The van der Waals surface area contributed by atoms with Crippen LogP contribution in [0.1, 0.15) is 50.2 Å². The van der Waals surface area contributed by atoms with Crippen molar-refractivity contribution in [1.29, 1.82) is 0 Å². The first-order valence-corrected chi connectivity index (χ1v) is 9.72. The molecule has 7 heteroatoms. The van der Waals surface area contributed by atoms with Crippen LogP contribution in [0.5, 0.6) is 0 Å². The van der Waals surface area contributed by atoms with Crippen molar-refractivity contribution in [1.82, 2.24) is 15.6 Å². The van der Waals surface area contributed by atoms with Crippen LogP contribution in [0.3, 0.4) is 0 Å². The Morgan fingerprint density at radius 3 is 3.04 bits per heavy atom. The molecular weight excluding hydrogens is 324 g/mol.